The van der Waals surface area contributed by atoms with Gasteiger partial charge < -0.3 is 5.32 Å². The van der Waals surface area contributed by atoms with E-state index in [0.29, 0.717) is 22.8 Å². The summed E-state index contributed by atoms with van der Waals surface area (Å²) in [5, 5.41) is 3.35. The Morgan fingerprint density at radius 3 is 2.61 bits per heavy atom. The van der Waals surface area contributed by atoms with Crippen LogP contribution in [0.15, 0.2) is 36.4 Å². The van der Waals surface area contributed by atoms with Crippen LogP contribution >= 0.6 is 11.6 Å². The Bertz CT molecular complexity index is 695. The van der Waals surface area contributed by atoms with E-state index in [1.54, 1.807) is 30.1 Å². The van der Waals surface area contributed by atoms with E-state index in [1.165, 1.54) is 6.07 Å². The summed E-state index contributed by atoms with van der Waals surface area (Å²) >= 11 is 6.19. The molecule has 0 spiro atoms. The zero-order valence-electron chi connectivity index (χ0n) is 13.5. The number of carbonyl (C=O) groups excluding carboxylic acids is 1. The SMILES string of the molecule is Cc1cc(C)c(NC(=O)CN(C)Cc2ccccc2F)c(Cl)c1. The fourth-order valence-electron chi connectivity index (χ4n) is 2.47. The summed E-state index contributed by atoms with van der Waals surface area (Å²) in [7, 11) is 1.77. The van der Waals surface area contributed by atoms with Crippen LogP contribution in [0.4, 0.5) is 10.1 Å². The fourth-order valence-corrected chi connectivity index (χ4v) is 2.84. The van der Waals surface area contributed by atoms with E-state index in [2.05, 4.69) is 5.32 Å². The Hall–Kier alpha value is -1.91. The first-order valence-electron chi connectivity index (χ1n) is 7.35. The highest BCUT2D eigenvalue weighted by Crippen LogP contribution is 2.27. The van der Waals surface area contributed by atoms with Crippen molar-refractivity contribution in [3.8, 4) is 0 Å². The first-order chi connectivity index (χ1) is 10.9. The Morgan fingerprint density at radius 2 is 1.96 bits per heavy atom. The molecule has 0 aliphatic heterocycles. The molecule has 0 heterocycles. The summed E-state index contributed by atoms with van der Waals surface area (Å²) in [6.07, 6.45) is 0. The van der Waals surface area contributed by atoms with Crippen LogP contribution in [0.2, 0.25) is 5.02 Å². The molecule has 0 bridgehead atoms. The Kier molecular flexibility index (Phi) is 5.74. The quantitative estimate of drug-likeness (QED) is 0.890. The lowest BCUT2D eigenvalue weighted by atomic mass is 10.1. The molecule has 0 radical (unpaired) electrons. The van der Waals surface area contributed by atoms with E-state index in [1.807, 2.05) is 26.0 Å². The molecule has 0 aliphatic rings. The predicted octanol–water partition coefficient (Wildman–Crippen LogP) is 4.17. The molecule has 1 amide bonds. The molecule has 2 rings (SSSR count). The molecule has 0 aliphatic carbocycles. The van der Waals surface area contributed by atoms with Gasteiger partial charge in [0, 0.05) is 12.1 Å². The molecule has 0 saturated heterocycles. The lowest BCUT2D eigenvalue weighted by molar-refractivity contribution is -0.117. The van der Waals surface area contributed by atoms with Crippen molar-refractivity contribution in [2.75, 3.05) is 18.9 Å². The monoisotopic (exact) mass is 334 g/mol. The minimum Gasteiger partial charge on any atom is -0.323 e. The average molecular weight is 335 g/mol. The summed E-state index contributed by atoms with van der Waals surface area (Å²) in [6, 6.07) is 10.3. The summed E-state index contributed by atoms with van der Waals surface area (Å²) in [4.78, 5) is 13.9. The molecule has 2 aromatic carbocycles. The number of benzene rings is 2. The predicted molar refractivity (Wildman–Crippen MR) is 92.3 cm³/mol. The van der Waals surface area contributed by atoms with Gasteiger partial charge in [0.05, 0.1) is 17.3 Å². The van der Waals surface area contributed by atoms with E-state index in [9.17, 15) is 9.18 Å². The number of amides is 1. The van der Waals surface area contributed by atoms with Gasteiger partial charge in [0.2, 0.25) is 5.91 Å². The van der Waals surface area contributed by atoms with Crippen LogP contribution in [0.5, 0.6) is 0 Å². The first-order valence-corrected chi connectivity index (χ1v) is 7.73. The standard InChI is InChI=1S/C18H20ClFN2O/c1-12-8-13(2)18(15(19)9-12)21-17(23)11-22(3)10-14-6-4-5-7-16(14)20/h4-9H,10-11H2,1-3H3,(H,21,23). The highest BCUT2D eigenvalue weighted by molar-refractivity contribution is 6.34. The number of nitrogens with one attached hydrogen (secondary N) is 1. The molecule has 122 valence electrons. The van der Waals surface area contributed by atoms with Crippen LogP contribution in [0.1, 0.15) is 16.7 Å². The zero-order chi connectivity index (χ0) is 17.0. The number of aryl methyl sites for hydroxylation is 2. The maximum Gasteiger partial charge on any atom is 0.238 e. The number of nitrogens with zero attached hydrogens (tertiary/aromatic N) is 1. The summed E-state index contributed by atoms with van der Waals surface area (Å²) in [6.45, 7) is 4.36. The minimum atomic E-state index is -0.266. The summed E-state index contributed by atoms with van der Waals surface area (Å²) < 4.78 is 13.6. The van der Waals surface area contributed by atoms with Crippen molar-refractivity contribution in [1.29, 1.82) is 0 Å². The van der Waals surface area contributed by atoms with Crippen LogP contribution in [-0.4, -0.2) is 24.4 Å². The molecule has 3 nitrogen and oxygen atoms in total. The number of hydrogen-bond acceptors (Lipinski definition) is 2. The topological polar surface area (TPSA) is 32.3 Å². The van der Waals surface area contributed by atoms with Gasteiger partial charge in [0.25, 0.3) is 0 Å². The van der Waals surface area contributed by atoms with Gasteiger partial charge in [-0.1, -0.05) is 35.9 Å². The maximum absolute atomic E-state index is 13.6. The van der Waals surface area contributed by atoms with E-state index >= 15 is 0 Å². The van der Waals surface area contributed by atoms with Crippen LogP contribution in [-0.2, 0) is 11.3 Å². The van der Waals surface area contributed by atoms with Crippen LogP contribution in [0.3, 0.4) is 0 Å². The molecule has 1 N–H and O–H groups in total. The van der Waals surface area contributed by atoms with Gasteiger partial charge in [-0.2, -0.15) is 0 Å². The van der Waals surface area contributed by atoms with Crippen molar-refractivity contribution in [2.24, 2.45) is 0 Å². The van der Waals surface area contributed by atoms with Crippen molar-refractivity contribution in [2.45, 2.75) is 20.4 Å². The van der Waals surface area contributed by atoms with Gasteiger partial charge in [-0.15, -0.1) is 0 Å². The van der Waals surface area contributed by atoms with E-state index in [0.717, 1.165) is 11.1 Å². The summed E-state index contributed by atoms with van der Waals surface area (Å²) in [5.41, 5.74) is 3.15. The van der Waals surface area contributed by atoms with Gasteiger partial charge in [0.15, 0.2) is 0 Å². The number of anilines is 1. The largest absolute Gasteiger partial charge is 0.323 e. The smallest absolute Gasteiger partial charge is 0.238 e. The van der Waals surface area contributed by atoms with E-state index in [-0.39, 0.29) is 18.3 Å². The highest BCUT2D eigenvalue weighted by atomic mass is 35.5. The molecule has 5 heteroatoms. The number of halogens is 2. The Labute approximate surface area is 141 Å². The minimum absolute atomic E-state index is 0.151. The second-order valence-electron chi connectivity index (χ2n) is 5.75. The summed E-state index contributed by atoms with van der Waals surface area (Å²) in [5.74, 6) is -0.449. The number of rotatable bonds is 5. The van der Waals surface area contributed by atoms with E-state index in [4.69, 9.17) is 11.6 Å². The molecule has 0 atom stereocenters. The molecule has 2 aromatic rings. The maximum atomic E-state index is 13.6. The van der Waals surface area contributed by atoms with E-state index < -0.39 is 0 Å². The molecule has 23 heavy (non-hydrogen) atoms. The molecule has 0 unspecified atom stereocenters. The van der Waals surface area contributed by atoms with Crippen molar-refractivity contribution >= 4 is 23.2 Å². The van der Waals surface area contributed by atoms with Gasteiger partial charge in [-0.3, -0.25) is 9.69 Å². The number of likely N-dealkylation sites (N-methyl/N-ethyl adjacent to an activating group) is 1. The third-order valence-corrected chi connectivity index (χ3v) is 3.81. The molecule has 0 saturated carbocycles. The molecular weight excluding hydrogens is 315 g/mol. The average Bonchev–Trinajstić information content (AvgIpc) is 2.45. The molecular formula is C18H20ClFN2O. The van der Waals surface area contributed by atoms with Gasteiger partial charge in [0.1, 0.15) is 5.82 Å². The van der Waals surface area contributed by atoms with Crippen LogP contribution in [0, 0.1) is 19.7 Å². The normalized spacial score (nSPS) is 10.9. The second kappa shape index (κ2) is 7.57. The zero-order valence-corrected chi connectivity index (χ0v) is 14.2. The number of hydrogen-bond donors (Lipinski definition) is 1. The third-order valence-electron chi connectivity index (χ3n) is 3.51. The third kappa shape index (κ3) is 4.78. The lowest BCUT2D eigenvalue weighted by Gasteiger charge is -2.18. The molecule has 0 fully saturated rings. The van der Waals surface area contributed by atoms with Gasteiger partial charge in [-0.25, -0.2) is 4.39 Å². The van der Waals surface area contributed by atoms with Crippen molar-refractivity contribution in [3.05, 3.63) is 63.9 Å². The number of carbonyl (C=O) groups is 1. The van der Waals surface area contributed by atoms with Gasteiger partial charge >= 0.3 is 0 Å². The fraction of sp³-hybridized carbons (Fsp3) is 0.278. The Morgan fingerprint density at radius 1 is 1.26 bits per heavy atom. The van der Waals surface area contributed by atoms with Crippen molar-refractivity contribution < 1.29 is 9.18 Å². The lowest BCUT2D eigenvalue weighted by Crippen LogP contribution is -2.30. The van der Waals surface area contributed by atoms with Crippen molar-refractivity contribution in [3.63, 3.8) is 0 Å². The van der Waals surface area contributed by atoms with Crippen LogP contribution in [0.25, 0.3) is 0 Å². The highest BCUT2D eigenvalue weighted by Gasteiger charge is 2.12. The second-order valence-corrected chi connectivity index (χ2v) is 6.16. The molecule has 0 aromatic heterocycles. The van der Waals surface area contributed by atoms with Crippen molar-refractivity contribution in [1.82, 2.24) is 4.90 Å². The van der Waals surface area contributed by atoms with Crippen LogP contribution < -0.4 is 5.32 Å². The van der Waals surface area contributed by atoms with Gasteiger partial charge in [-0.05, 0) is 44.2 Å². The Balaban J connectivity index is 1.98. The first kappa shape index (κ1) is 17.4.